The minimum Gasteiger partial charge on any atom is -0.449 e. The van der Waals surface area contributed by atoms with Crippen LogP contribution in [-0.2, 0) is 9.53 Å². The average molecular weight is 282 g/mol. The van der Waals surface area contributed by atoms with E-state index in [2.05, 4.69) is 15.0 Å². The van der Waals surface area contributed by atoms with Crippen molar-refractivity contribution in [1.82, 2.24) is 5.32 Å². The first kappa shape index (κ1) is 17.4. The summed E-state index contributed by atoms with van der Waals surface area (Å²) in [4.78, 5) is 24.1. The first-order valence-corrected chi connectivity index (χ1v) is 5.96. The van der Waals surface area contributed by atoms with E-state index in [9.17, 15) is 22.8 Å². The van der Waals surface area contributed by atoms with E-state index < -0.39 is 25.3 Å². The SMILES string of the molecule is O=C=NCCCCCCNC(=O)OCCC(F)(F)F. The summed E-state index contributed by atoms with van der Waals surface area (Å²) in [6.45, 7) is 0.122. The van der Waals surface area contributed by atoms with Gasteiger partial charge in [-0.3, -0.25) is 0 Å². The number of carbonyl (C=O) groups excluding carboxylic acids is 2. The highest BCUT2D eigenvalue weighted by Gasteiger charge is 2.27. The van der Waals surface area contributed by atoms with Gasteiger partial charge in [0.1, 0.15) is 6.61 Å². The van der Waals surface area contributed by atoms with E-state index in [1.54, 1.807) is 0 Å². The lowest BCUT2D eigenvalue weighted by molar-refractivity contribution is -0.141. The van der Waals surface area contributed by atoms with Gasteiger partial charge in [-0.15, -0.1) is 0 Å². The Morgan fingerprint density at radius 2 is 1.89 bits per heavy atom. The van der Waals surface area contributed by atoms with Crippen molar-refractivity contribution in [2.24, 2.45) is 4.99 Å². The summed E-state index contributed by atoms with van der Waals surface area (Å²) < 4.78 is 39.6. The predicted octanol–water partition coefficient (Wildman–Crippen LogP) is 2.56. The van der Waals surface area contributed by atoms with Crippen molar-refractivity contribution in [3.63, 3.8) is 0 Å². The molecule has 8 heteroatoms. The fraction of sp³-hybridized carbons (Fsp3) is 0.818. The lowest BCUT2D eigenvalue weighted by Gasteiger charge is -2.08. The summed E-state index contributed by atoms with van der Waals surface area (Å²) in [5, 5.41) is 2.36. The number of ether oxygens (including phenoxy) is 1. The van der Waals surface area contributed by atoms with Gasteiger partial charge in [0, 0.05) is 6.54 Å². The Morgan fingerprint density at radius 3 is 2.53 bits per heavy atom. The number of carbonyl (C=O) groups is 1. The van der Waals surface area contributed by atoms with Gasteiger partial charge in [0.25, 0.3) is 0 Å². The van der Waals surface area contributed by atoms with E-state index >= 15 is 0 Å². The Bertz CT molecular complexity index is 302. The van der Waals surface area contributed by atoms with Crippen molar-refractivity contribution in [3.05, 3.63) is 0 Å². The average Bonchev–Trinajstić information content (AvgIpc) is 2.31. The quantitative estimate of drug-likeness (QED) is 0.401. The Hall–Kier alpha value is -1.56. The summed E-state index contributed by atoms with van der Waals surface area (Å²) >= 11 is 0. The van der Waals surface area contributed by atoms with Crippen LogP contribution in [0.15, 0.2) is 4.99 Å². The maximum atomic E-state index is 11.7. The molecule has 0 aliphatic rings. The van der Waals surface area contributed by atoms with Crippen LogP contribution in [-0.4, -0.2) is 38.0 Å². The number of hydrogen-bond donors (Lipinski definition) is 1. The van der Waals surface area contributed by atoms with Crippen molar-refractivity contribution in [3.8, 4) is 0 Å². The van der Waals surface area contributed by atoms with Crippen LogP contribution in [0.2, 0.25) is 0 Å². The van der Waals surface area contributed by atoms with Gasteiger partial charge in [-0.25, -0.2) is 14.6 Å². The monoisotopic (exact) mass is 282 g/mol. The minimum absolute atomic E-state index is 0.349. The maximum absolute atomic E-state index is 11.7. The molecule has 5 nitrogen and oxygen atoms in total. The first-order chi connectivity index (χ1) is 8.95. The van der Waals surface area contributed by atoms with Crippen molar-refractivity contribution < 1.29 is 27.5 Å². The number of hydrogen-bond acceptors (Lipinski definition) is 4. The van der Waals surface area contributed by atoms with Crippen LogP contribution in [0.1, 0.15) is 32.1 Å². The van der Waals surface area contributed by atoms with E-state index in [0.29, 0.717) is 19.5 Å². The van der Waals surface area contributed by atoms with Gasteiger partial charge in [0.05, 0.1) is 13.0 Å². The zero-order chi connectivity index (χ0) is 14.6. The van der Waals surface area contributed by atoms with Gasteiger partial charge in [-0.05, 0) is 12.8 Å². The van der Waals surface area contributed by atoms with Crippen LogP contribution in [0.4, 0.5) is 18.0 Å². The van der Waals surface area contributed by atoms with E-state index in [1.807, 2.05) is 0 Å². The third-order valence-corrected chi connectivity index (χ3v) is 2.15. The number of rotatable bonds is 9. The van der Waals surface area contributed by atoms with Gasteiger partial charge in [0.2, 0.25) is 6.08 Å². The number of alkyl halides is 3. The Balaban J connectivity index is 3.32. The Kier molecular flexibility index (Phi) is 9.52. The van der Waals surface area contributed by atoms with Crippen LogP contribution < -0.4 is 5.32 Å². The number of alkyl carbamates (subject to hydrolysis) is 1. The second-order valence-corrected chi connectivity index (χ2v) is 3.82. The van der Waals surface area contributed by atoms with Gasteiger partial charge < -0.3 is 10.1 Å². The lowest BCUT2D eigenvalue weighted by atomic mass is 10.2. The molecule has 0 atom stereocenters. The summed E-state index contributed by atoms with van der Waals surface area (Å²) in [5.74, 6) is 0. The molecule has 0 unspecified atom stereocenters. The number of amides is 1. The normalized spacial score (nSPS) is 10.7. The molecule has 0 heterocycles. The highest BCUT2D eigenvalue weighted by Crippen LogP contribution is 2.18. The maximum Gasteiger partial charge on any atom is 0.407 e. The van der Waals surface area contributed by atoms with Gasteiger partial charge in [0.15, 0.2) is 0 Å². The van der Waals surface area contributed by atoms with Crippen LogP contribution >= 0.6 is 0 Å². The molecule has 0 rings (SSSR count). The Labute approximate surface area is 109 Å². The molecule has 1 N–H and O–H groups in total. The number of nitrogens with zero attached hydrogens (tertiary/aromatic N) is 1. The Morgan fingerprint density at radius 1 is 1.21 bits per heavy atom. The molecule has 0 aromatic rings. The third kappa shape index (κ3) is 14.4. The molecule has 0 spiro atoms. The number of nitrogens with one attached hydrogen (secondary N) is 1. The zero-order valence-electron chi connectivity index (χ0n) is 10.5. The van der Waals surface area contributed by atoms with Crippen LogP contribution in [0.5, 0.6) is 0 Å². The number of aliphatic imine (C=N–C) groups is 1. The van der Waals surface area contributed by atoms with Crippen molar-refractivity contribution in [2.75, 3.05) is 19.7 Å². The molecule has 110 valence electrons. The van der Waals surface area contributed by atoms with E-state index in [1.165, 1.54) is 6.08 Å². The molecule has 0 aromatic heterocycles. The standard InChI is InChI=1S/C11H17F3N2O3/c12-11(13,14)5-8-19-10(18)16-7-4-2-1-3-6-15-9-17/h1-8H2,(H,16,18). The molecule has 0 saturated carbocycles. The molecular weight excluding hydrogens is 265 g/mol. The molecule has 19 heavy (non-hydrogen) atoms. The van der Waals surface area contributed by atoms with E-state index in [4.69, 9.17) is 0 Å². The molecule has 1 amide bonds. The molecule has 0 bridgehead atoms. The molecule has 0 saturated heterocycles. The van der Waals surface area contributed by atoms with Gasteiger partial charge in [-0.2, -0.15) is 13.2 Å². The highest BCUT2D eigenvalue weighted by atomic mass is 19.4. The largest absolute Gasteiger partial charge is 0.449 e. The molecule has 0 radical (unpaired) electrons. The van der Waals surface area contributed by atoms with E-state index in [-0.39, 0.29) is 0 Å². The zero-order valence-corrected chi connectivity index (χ0v) is 10.5. The van der Waals surface area contributed by atoms with Gasteiger partial charge >= 0.3 is 12.3 Å². The molecule has 0 aromatic carbocycles. The number of halogens is 3. The minimum atomic E-state index is -4.32. The third-order valence-electron chi connectivity index (χ3n) is 2.15. The summed E-state index contributed by atoms with van der Waals surface area (Å²) in [5.41, 5.74) is 0. The van der Waals surface area contributed by atoms with Crippen LogP contribution in [0.25, 0.3) is 0 Å². The predicted molar refractivity (Wildman–Crippen MR) is 61.5 cm³/mol. The van der Waals surface area contributed by atoms with Crippen LogP contribution in [0.3, 0.4) is 0 Å². The van der Waals surface area contributed by atoms with Crippen molar-refractivity contribution in [1.29, 1.82) is 0 Å². The second-order valence-electron chi connectivity index (χ2n) is 3.82. The van der Waals surface area contributed by atoms with Crippen LogP contribution in [0, 0.1) is 0 Å². The van der Waals surface area contributed by atoms with Gasteiger partial charge in [-0.1, -0.05) is 12.8 Å². The second kappa shape index (κ2) is 10.4. The first-order valence-electron chi connectivity index (χ1n) is 5.96. The van der Waals surface area contributed by atoms with E-state index in [0.717, 1.165) is 19.3 Å². The summed E-state index contributed by atoms with van der Waals surface area (Å²) in [6, 6.07) is 0. The van der Waals surface area contributed by atoms with Crippen molar-refractivity contribution >= 4 is 12.2 Å². The summed E-state index contributed by atoms with van der Waals surface area (Å²) in [6.07, 6.45) is -1.71. The fourth-order valence-corrected chi connectivity index (χ4v) is 1.22. The molecular formula is C11H17F3N2O3. The smallest absolute Gasteiger partial charge is 0.407 e. The topological polar surface area (TPSA) is 67.8 Å². The summed E-state index contributed by atoms with van der Waals surface area (Å²) in [7, 11) is 0. The highest BCUT2D eigenvalue weighted by molar-refractivity contribution is 5.66. The number of isocyanates is 1. The number of unbranched alkanes of at least 4 members (excludes halogenated alkanes) is 3. The molecule has 0 aliphatic heterocycles. The molecule has 0 aliphatic carbocycles. The lowest BCUT2D eigenvalue weighted by Crippen LogP contribution is -2.26. The molecule has 0 fully saturated rings. The van der Waals surface area contributed by atoms with Crippen molar-refractivity contribution in [2.45, 2.75) is 38.3 Å². The fourth-order valence-electron chi connectivity index (χ4n) is 1.22.